The van der Waals surface area contributed by atoms with E-state index in [4.69, 9.17) is 4.74 Å². The molecular weight excluding hydrogens is 236 g/mol. The molecular formula is C16H26N2O. The highest BCUT2D eigenvalue weighted by molar-refractivity contribution is 5.49. The molecule has 1 N–H and O–H groups in total. The molecule has 1 heterocycles. The summed E-state index contributed by atoms with van der Waals surface area (Å²) in [4.78, 5) is 4.19. The lowest BCUT2D eigenvalue weighted by Crippen LogP contribution is -2.58. The molecule has 1 saturated carbocycles. The summed E-state index contributed by atoms with van der Waals surface area (Å²) in [6.07, 6.45) is 5.19. The Morgan fingerprint density at radius 1 is 1.47 bits per heavy atom. The molecule has 1 aliphatic rings. The molecule has 3 heteroatoms. The molecule has 19 heavy (non-hydrogen) atoms. The van der Waals surface area contributed by atoms with Crippen molar-refractivity contribution in [2.45, 2.75) is 53.2 Å². The Morgan fingerprint density at radius 3 is 2.79 bits per heavy atom. The SMILES string of the molecule is Cc1ccncc1NC1CC(OCC(C)C)C1(C)C. The van der Waals surface area contributed by atoms with Crippen molar-refractivity contribution in [3.05, 3.63) is 24.0 Å². The van der Waals surface area contributed by atoms with Crippen molar-refractivity contribution in [3.8, 4) is 0 Å². The van der Waals surface area contributed by atoms with Crippen molar-refractivity contribution < 1.29 is 4.74 Å². The molecule has 0 spiro atoms. The minimum absolute atomic E-state index is 0.178. The van der Waals surface area contributed by atoms with Crippen LogP contribution in [0.25, 0.3) is 0 Å². The standard InChI is InChI=1S/C16H26N2O/c1-11(2)10-19-15-8-14(16(15,4)5)18-13-9-17-7-6-12(13)3/h6-7,9,11,14-15,18H,8,10H2,1-5H3. The van der Waals surface area contributed by atoms with Gasteiger partial charge in [0.05, 0.1) is 18.0 Å². The van der Waals surface area contributed by atoms with Crippen molar-refractivity contribution in [2.24, 2.45) is 11.3 Å². The largest absolute Gasteiger partial charge is 0.380 e. The molecule has 0 bridgehead atoms. The van der Waals surface area contributed by atoms with E-state index in [9.17, 15) is 0 Å². The van der Waals surface area contributed by atoms with E-state index in [0.29, 0.717) is 18.1 Å². The van der Waals surface area contributed by atoms with Gasteiger partial charge in [-0.25, -0.2) is 0 Å². The zero-order valence-electron chi connectivity index (χ0n) is 12.7. The van der Waals surface area contributed by atoms with Crippen molar-refractivity contribution in [3.63, 3.8) is 0 Å². The Labute approximate surface area is 116 Å². The fraction of sp³-hybridized carbons (Fsp3) is 0.688. The molecule has 2 rings (SSSR count). The lowest BCUT2D eigenvalue weighted by molar-refractivity contribution is -0.108. The van der Waals surface area contributed by atoms with Crippen LogP contribution in [-0.2, 0) is 4.74 Å². The molecule has 1 aliphatic carbocycles. The van der Waals surface area contributed by atoms with Crippen molar-refractivity contribution in [2.75, 3.05) is 11.9 Å². The minimum Gasteiger partial charge on any atom is -0.380 e. The number of hydrogen-bond acceptors (Lipinski definition) is 3. The molecule has 0 amide bonds. The topological polar surface area (TPSA) is 34.2 Å². The summed E-state index contributed by atoms with van der Waals surface area (Å²) in [6, 6.07) is 2.51. The van der Waals surface area contributed by atoms with Gasteiger partial charge in [0.25, 0.3) is 0 Å². The number of aryl methyl sites for hydroxylation is 1. The van der Waals surface area contributed by atoms with Crippen LogP contribution in [0.5, 0.6) is 0 Å². The molecule has 2 unspecified atom stereocenters. The van der Waals surface area contributed by atoms with E-state index >= 15 is 0 Å². The Morgan fingerprint density at radius 2 is 2.21 bits per heavy atom. The maximum absolute atomic E-state index is 6.00. The number of hydrogen-bond donors (Lipinski definition) is 1. The number of anilines is 1. The van der Waals surface area contributed by atoms with Crippen LogP contribution in [0, 0.1) is 18.3 Å². The maximum Gasteiger partial charge on any atom is 0.0665 e. The normalized spacial score (nSPS) is 25.2. The van der Waals surface area contributed by atoms with Gasteiger partial charge in [0.1, 0.15) is 0 Å². The highest BCUT2D eigenvalue weighted by atomic mass is 16.5. The predicted molar refractivity (Wildman–Crippen MR) is 79.4 cm³/mol. The van der Waals surface area contributed by atoms with Crippen LogP contribution in [0.1, 0.15) is 39.7 Å². The van der Waals surface area contributed by atoms with Crippen LogP contribution in [0.4, 0.5) is 5.69 Å². The van der Waals surface area contributed by atoms with Gasteiger partial charge in [-0.1, -0.05) is 27.7 Å². The summed E-state index contributed by atoms with van der Waals surface area (Å²) in [5.41, 5.74) is 2.57. The van der Waals surface area contributed by atoms with Gasteiger partial charge >= 0.3 is 0 Å². The predicted octanol–water partition coefficient (Wildman–Crippen LogP) is 3.64. The van der Waals surface area contributed by atoms with Crippen LogP contribution in [0.3, 0.4) is 0 Å². The Hall–Kier alpha value is -1.09. The van der Waals surface area contributed by atoms with E-state index in [1.165, 1.54) is 5.56 Å². The molecule has 106 valence electrons. The highest BCUT2D eigenvalue weighted by Crippen LogP contribution is 2.44. The third kappa shape index (κ3) is 3.08. The first-order valence-corrected chi connectivity index (χ1v) is 7.20. The summed E-state index contributed by atoms with van der Waals surface area (Å²) in [5, 5.41) is 3.61. The number of ether oxygens (including phenoxy) is 1. The summed E-state index contributed by atoms with van der Waals surface area (Å²) >= 11 is 0. The van der Waals surface area contributed by atoms with Crippen LogP contribution in [-0.4, -0.2) is 23.7 Å². The van der Waals surface area contributed by atoms with Crippen LogP contribution < -0.4 is 5.32 Å². The summed E-state index contributed by atoms with van der Waals surface area (Å²) in [7, 11) is 0. The molecule has 1 aromatic heterocycles. The molecule has 1 fully saturated rings. The van der Waals surface area contributed by atoms with Crippen molar-refractivity contribution >= 4 is 5.69 Å². The number of nitrogens with zero attached hydrogens (tertiary/aromatic N) is 1. The van der Waals surface area contributed by atoms with E-state index in [0.717, 1.165) is 18.7 Å². The molecule has 2 atom stereocenters. The highest BCUT2D eigenvalue weighted by Gasteiger charge is 2.49. The van der Waals surface area contributed by atoms with Gasteiger partial charge in [0.2, 0.25) is 0 Å². The smallest absolute Gasteiger partial charge is 0.0665 e. The van der Waals surface area contributed by atoms with Gasteiger partial charge in [-0.05, 0) is 30.9 Å². The molecule has 3 nitrogen and oxygen atoms in total. The first kappa shape index (κ1) is 14.3. The van der Waals surface area contributed by atoms with E-state index in [1.807, 2.05) is 18.5 Å². The monoisotopic (exact) mass is 262 g/mol. The van der Waals surface area contributed by atoms with E-state index in [2.05, 4.69) is 44.9 Å². The average Bonchev–Trinajstić information content (AvgIpc) is 2.34. The Kier molecular flexibility index (Phi) is 4.14. The number of pyridine rings is 1. The molecule has 0 aliphatic heterocycles. The van der Waals surface area contributed by atoms with Gasteiger partial charge in [-0.2, -0.15) is 0 Å². The Bertz CT molecular complexity index is 429. The minimum atomic E-state index is 0.178. The van der Waals surface area contributed by atoms with Gasteiger partial charge in [0, 0.05) is 24.3 Å². The van der Waals surface area contributed by atoms with Crippen LogP contribution in [0.2, 0.25) is 0 Å². The van der Waals surface area contributed by atoms with Crippen molar-refractivity contribution in [1.29, 1.82) is 0 Å². The lowest BCUT2D eigenvalue weighted by Gasteiger charge is -2.52. The molecule has 0 radical (unpaired) electrons. The lowest BCUT2D eigenvalue weighted by atomic mass is 9.64. The summed E-state index contributed by atoms with van der Waals surface area (Å²) < 4.78 is 6.00. The number of nitrogens with one attached hydrogen (secondary N) is 1. The van der Waals surface area contributed by atoms with Gasteiger partial charge in [-0.15, -0.1) is 0 Å². The third-order valence-corrected chi connectivity index (χ3v) is 4.18. The summed E-state index contributed by atoms with van der Waals surface area (Å²) in [6.45, 7) is 11.9. The zero-order chi connectivity index (χ0) is 14.0. The number of rotatable bonds is 5. The van der Waals surface area contributed by atoms with Gasteiger partial charge < -0.3 is 10.1 Å². The van der Waals surface area contributed by atoms with E-state index in [-0.39, 0.29) is 5.41 Å². The average molecular weight is 262 g/mol. The molecule has 1 aromatic rings. The quantitative estimate of drug-likeness (QED) is 0.879. The zero-order valence-corrected chi connectivity index (χ0v) is 12.7. The summed E-state index contributed by atoms with van der Waals surface area (Å²) in [5.74, 6) is 0.600. The van der Waals surface area contributed by atoms with Crippen LogP contribution >= 0.6 is 0 Å². The maximum atomic E-state index is 6.00. The second kappa shape index (κ2) is 5.49. The fourth-order valence-electron chi connectivity index (χ4n) is 2.52. The first-order valence-electron chi connectivity index (χ1n) is 7.20. The molecule has 0 aromatic carbocycles. The second-order valence-corrected chi connectivity index (χ2v) is 6.66. The van der Waals surface area contributed by atoms with Crippen LogP contribution in [0.15, 0.2) is 18.5 Å². The van der Waals surface area contributed by atoms with E-state index in [1.54, 1.807) is 0 Å². The van der Waals surface area contributed by atoms with E-state index < -0.39 is 0 Å². The second-order valence-electron chi connectivity index (χ2n) is 6.66. The molecule has 0 saturated heterocycles. The fourth-order valence-corrected chi connectivity index (χ4v) is 2.52. The number of aromatic nitrogens is 1. The Balaban J connectivity index is 1.93. The van der Waals surface area contributed by atoms with Gasteiger partial charge in [-0.3, -0.25) is 4.98 Å². The third-order valence-electron chi connectivity index (χ3n) is 4.18. The van der Waals surface area contributed by atoms with Crippen molar-refractivity contribution in [1.82, 2.24) is 4.98 Å². The van der Waals surface area contributed by atoms with Gasteiger partial charge in [0.15, 0.2) is 0 Å². The first-order chi connectivity index (χ1) is 8.91.